The van der Waals surface area contributed by atoms with Gasteiger partial charge in [-0.15, -0.1) is 0 Å². The van der Waals surface area contributed by atoms with Crippen molar-refractivity contribution in [3.8, 4) is 5.75 Å². The third-order valence-electron chi connectivity index (χ3n) is 6.53. The highest BCUT2D eigenvalue weighted by Gasteiger charge is 2.22. The molecule has 1 amide bonds. The Kier molecular flexibility index (Phi) is 8.11. The molecule has 1 saturated carbocycles. The van der Waals surface area contributed by atoms with Crippen molar-refractivity contribution in [3.63, 3.8) is 0 Å². The molecule has 1 N–H and O–H groups in total. The van der Waals surface area contributed by atoms with E-state index in [1.54, 1.807) is 36.5 Å². The van der Waals surface area contributed by atoms with Gasteiger partial charge in [0, 0.05) is 5.92 Å². The van der Waals surface area contributed by atoms with Gasteiger partial charge in [0.05, 0.1) is 26.4 Å². The maximum absolute atomic E-state index is 13.8. The lowest BCUT2D eigenvalue weighted by molar-refractivity contribution is -0.118. The van der Waals surface area contributed by atoms with Gasteiger partial charge in [0.2, 0.25) is 0 Å². The van der Waals surface area contributed by atoms with E-state index in [1.165, 1.54) is 23.2 Å². The third kappa shape index (κ3) is 5.93. The Morgan fingerprint density at radius 3 is 2.66 bits per heavy atom. The van der Waals surface area contributed by atoms with Crippen LogP contribution in [-0.2, 0) is 4.79 Å². The molecule has 38 heavy (non-hydrogen) atoms. The number of carbonyl (C=O) groups excluding carboxylic acids is 1. The lowest BCUT2D eigenvalue weighted by Crippen LogP contribution is -2.25. The molecule has 0 spiro atoms. The second-order valence-electron chi connectivity index (χ2n) is 9.19. The minimum absolute atomic E-state index is 0.105. The van der Waals surface area contributed by atoms with Gasteiger partial charge >= 0.3 is 0 Å². The number of benzene rings is 3. The summed E-state index contributed by atoms with van der Waals surface area (Å²) < 4.78 is 21.6. The number of carbonyl (C=O) groups is 1. The normalized spacial score (nSPS) is 14.2. The van der Waals surface area contributed by atoms with E-state index in [9.17, 15) is 14.0 Å². The molecule has 3 aromatic carbocycles. The smallest absolute Gasteiger partial charge is 0.282 e. The largest absolute Gasteiger partial charge is 0.483 e. The first-order valence-corrected chi connectivity index (χ1v) is 13.6. The fraction of sp³-hybridized carbons (Fsp3) is 0.241. The van der Waals surface area contributed by atoms with Crippen LogP contribution < -0.4 is 15.6 Å². The fourth-order valence-electron chi connectivity index (χ4n) is 4.61. The first-order chi connectivity index (χ1) is 18.5. The number of hydrogen-bond donors (Lipinski definition) is 1. The highest BCUT2D eigenvalue weighted by molar-refractivity contribution is 14.1. The van der Waals surface area contributed by atoms with E-state index in [2.05, 4.69) is 33.0 Å². The SMILES string of the molecule is O=C(COc1ccc(C=Nn2c(C3CCCCC3)nc3ccccc3c2=O)cc1I)Nc1ccccc1F. The van der Waals surface area contributed by atoms with E-state index in [-0.39, 0.29) is 23.8 Å². The van der Waals surface area contributed by atoms with Gasteiger partial charge in [0.15, 0.2) is 6.61 Å². The molecule has 9 heteroatoms. The van der Waals surface area contributed by atoms with Gasteiger partial charge in [-0.1, -0.05) is 43.5 Å². The molecule has 1 aliphatic carbocycles. The topological polar surface area (TPSA) is 85.6 Å². The summed E-state index contributed by atoms with van der Waals surface area (Å²) >= 11 is 2.12. The zero-order valence-electron chi connectivity index (χ0n) is 20.6. The summed E-state index contributed by atoms with van der Waals surface area (Å²) in [5, 5.41) is 7.61. The average Bonchev–Trinajstić information content (AvgIpc) is 2.94. The number of amides is 1. The summed E-state index contributed by atoms with van der Waals surface area (Å²) in [5.41, 5.74) is 1.39. The summed E-state index contributed by atoms with van der Waals surface area (Å²) in [6.45, 7) is -0.263. The molecule has 1 aromatic heterocycles. The lowest BCUT2D eigenvalue weighted by atomic mass is 9.88. The number of ether oxygens (including phenoxy) is 1. The minimum atomic E-state index is -0.508. The molecular weight excluding hydrogens is 598 g/mol. The molecular formula is C29H26FIN4O3. The van der Waals surface area contributed by atoms with Crippen molar-refractivity contribution in [1.29, 1.82) is 0 Å². The number of para-hydroxylation sites is 2. The number of fused-ring (bicyclic) bond motifs is 1. The number of aromatic nitrogens is 2. The van der Waals surface area contributed by atoms with Gasteiger partial charge < -0.3 is 10.1 Å². The molecule has 4 aromatic rings. The summed E-state index contributed by atoms with van der Waals surface area (Å²) in [5.74, 6) is 0.449. The van der Waals surface area contributed by atoms with Gasteiger partial charge in [-0.2, -0.15) is 9.78 Å². The van der Waals surface area contributed by atoms with Crippen LogP contribution >= 0.6 is 22.6 Å². The van der Waals surface area contributed by atoms with Crippen LogP contribution in [0.3, 0.4) is 0 Å². The van der Waals surface area contributed by atoms with Crippen molar-refractivity contribution in [2.24, 2.45) is 5.10 Å². The number of anilines is 1. The van der Waals surface area contributed by atoms with Crippen LogP contribution in [0.4, 0.5) is 10.1 Å². The number of halogens is 2. The first-order valence-electron chi connectivity index (χ1n) is 12.5. The van der Waals surface area contributed by atoms with Crippen LogP contribution in [-0.4, -0.2) is 28.4 Å². The monoisotopic (exact) mass is 624 g/mol. The summed E-state index contributed by atoms with van der Waals surface area (Å²) in [7, 11) is 0. The fourth-order valence-corrected chi connectivity index (χ4v) is 5.30. The highest BCUT2D eigenvalue weighted by atomic mass is 127. The van der Waals surface area contributed by atoms with Gasteiger partial charge in [-0.25, -0.2) is 9.37 Å². The molecule has 0 atom stereocenters. The number of hydrogen-bond acceptors (Lipinski definition) is 5. The number of rotatable bonds is 7. The van der Waals surface area contributed by atoms with Gasteiger partial charge in [-0.05, 0) is 83.5 Å². The number of nitrogens with one attached hydrogen (secondary N) is 1. The van der Waals surface area contributed by atoms with E-state index in [0.29, 0.717) is 22.5 Å². The van der Waals surface area contributed by atoms with Crippen molar-refractivity contribution in [2.75, 3.05) is 11.9 Å². The minimum Gasteiger partial charge on any atom is -0.483 e. The van der Waals surface area contributed by atoms with Crippen molar-refractivity contribution in [1.82, 2.24) is 9.66 Å². The molecule has 194 valence electrons. The van der Waals surface area contributed by atoms with Crippen LogP contribution in [0.15, 0.2) is 76.6 Å². The lowest BCUT2D eigenvalue weighted by Gasteiger charge is -2.22. The molecule has 1 fully saturated rings. The van der Waals surface area contributed by atoms with Crippen molar-refractivity contribution in [2.45, 2.75) is 38.0 Å². The highest BCUT2D eigenvalue weighted by Crippen LogP contribution is 2.31. The number of nitrogens with zero attached hydrogens (tertiary/aromatic N) is 3. The molecule has 5 rings (SSSR count). The van der Waals surface area contributed by atoms with Gasteiger partial charge in [0.25, 0.3) is 11.5 Å². The average molecular weight is 624 g/mol. The standard InChI is InChI=1S/C29H26FIN4O3/c30-22-11-5-7-13-25(22)33-27(36)18-38-26-15-14-19(16-23(26)31)17-32-35-28(20-8-2-1-3-9-20)34-24-12-6-4-10-21(24)29(35)37/h4-7,10-17,20H,1-3,8-9,18H2,(H,33,36). The second-order valence-corrected chi connectivity index (χ2v) is 10.4. The van der Waals surface area contributed by atoms with Crippen molar-refractivity contribution < 1.29 is 13.9 Å². The molecule has 1 aliphatic rings. The molecule has 1 heterocycles. The Morgan fingerprint density at radius 1 is 1.11 bits per heavy atom. The zero-order valence-corrected chi connectivity index (χ0v) is 22.7. The third-order valence-corrected chi connectivity index (χ3v) is 7.38. The summed E-state index contributed by atoms with van der Waals surface area (Å²) in [6, 6.07) is 18.7. The molecule has 0 aliphatic heterocycles. The van der Waals surface area contributed by atoms with E-state index in [1.807, 2.05) is 24.3 Å². The molecule has 0 bridgehead atoms. The Balaban J connectivity index is 1.34. The summed E-state index contributed by atoms with van der Waals surface area (Å²) in [6.07, 6.45) is 7.07. The molecule has 0 unspecified atom stereocenters. The second kappa shape index (κ2) is 11.8. The predicted octanol–water partition coefficient (Wildman–Crippen LogP) is 6.09. The van der Waals surface area contributed by atoms with Crippen molar-refractivity contribution in [3.05, 3.63) is 97.9 Å². The maximum atomic E-state index is 13.8. The van der Waals surface area contributed by atoms with Crippen LogP contribution in [0.25, 0.3) is 10.9 Å². The first kappa shape index (κ1) is 26.0. The predicted molar refractivity (Wildman–Crippen MR) is 155 cm³/mol. The quantitative estimate of drug-likeness (QED) is 0.199. The van der Waals surface area contributed by atoms with Crippen LogP contribution in [0.1, 0.15) is 49.4 Å². The Labute approximate surface area is 232 Å². The Bertz CT molecular complexity index is 1560. The van der Waals surface area contributed by atoms with E-state index in [0.717, 1.165) is 34.8 Å². The van der Waals surface area contributed by atoms with Gasteiger partial charge in [0.1, 0.15) is 17.4 Å². The molecule has 0 saturated heterocycles. The van der Waals surface area contributed by atoms with Crippen molar-refractivity contribution >= 4 is 51.3 Å². The van der Waals surface area contributed by atoms with Gasteiger partial charge in [-0.3, -0.25) is 9.59 Å². The Hall–Kier alpha value is -3.60. The van der Waals surface area contributed by atoms with Crippen LogP contribution in [0.5, 0.6) is 5.75 Å². The molecule has 7 nitrogen and oxygen atoms in total. The maximum Gasteiger partial charge on any atom is 0.282 e. The van der Waals surface area contributed by atoms with E-state index in [4.69, 9.17) is 9.72 Å². The van der Waals surface area contributed by atoms with Crippen LogP contribution in [0.2, 0.25) is 0 Å². The summed E-state index contributed by atoms with van der Waals surface area (Å²) in [4.78, 5) is 30.4. The Morgan fingerprint density at radius 2 is 1.87 bits per heavy atom. The molecule has 0 radical (unpaired) electrons. The van der Waals surface area contributed by atoms with Crippen LogP contribution in [0, 0.1) is 9.39 Å². The van der Waals surface area contributed by atoms with E-state index < -0.39 is 11.7 Å². The zero-order chi connectivity index (χ0) is 26.5. The van der Waals surface area contributed by atoms with E-state index >= 15 is 0 Å².